The minimum absolute atomic E-state index is 0.125. The van der Waals surface area contributed by atoms with Crippen molar-refractivity contribution in [3.8, 4) is 0 Å². The molecule has 0 heterocycles. The van der Waals surface area contributed by atoms with E-state index in [-0.39, 0.29) is 17.3 Å². The number of non-ortho nitro benzene ring substituents is 1. The van der Waals surface area contributed by atoms with Crippen molar-refractivity contribution in [3.63, 3.8) is 0 Å². The molecule has 1 atom stereocenters. The van der Waals surface area contributed by atoms with Gasteiger partial charge in [-0.2, -0.15) is 0 Å². The second-order valence-electron chi connectivity index (χ2n) is 4.02. The molecule has 0 saturated carbocycles. The number of carbonyl (C=O) groups is 2. The summed E-state index contributed by atoms with van der Waals surface area (Å²) >= 11 is 0. The highest BCUT2D eigenvalue weighted by Gasteiger charge is 2.15. The smallest absolute Gasteiger partial charge is 0.319 e. The van der Waals surface area contributed by atoms with Gasteiger partial charge in [-0.3, -0.25) is 14.9 Å². The molecule has 1 aromatic carbocycles. The lowest BCUT2D eigenvalue weighted by atomic mass is 10.3. The number of amides is 3. The van der Waals surface area contributed by atoms with Crippen molar-refractivity contribution >= 4 is 23.3 Å². The van der Waals surface area contributed by atoms with Crippen molar-refractivity contribution in [2.45, 2.75) is 19.9 Å². The zero-order chi connectivity index (χ0) is 15.1. The highest BCUT2D eigenvalue weighted by molar-refractivity contribution is 5.93. The number of urea groups is 1. The van der Waals surface area contributed by atoms with Crippen LogP contribution in [0.1, 0.15) is 13.8 Å². The van der Waals surface area contributed by atoms with Crippen molar-refractivity contribution < 1.29 is 14.5 Å². The Balaban J connectivity index is 2.60. The van der Waals surface area contributed by atoms with Crippen LogP contribution in [-0.2, 0) is 4.79 Å². The van der Waals surface area contributed by atoms with E-state index in [1.54, 1.807) is 6.92 Å². The van der Waals surface area contributed by atoms with Gasteiger partial charge in [0.1, 0.15) is 6.04 Å². The largest absolute Gasteiger partial charge is 0.355 e. The van der Waals surface area contributed by atoms with Gasteiger partial charge in [0, 0.05) is 24.4 Å². The van der Waals surface area contributed by atoms with Crippen LogP contribution in [0.15, 0.2) is 24.3 Å². The first-order chi connectivity index (χ1) is 9.43. The van der Waals surface area contributed by atoms with Gasteiger partial charge >= 0.3 is 6.03 Å². The summed E-state index contributed by atoms with van der Waals surface area (Å²) < 4.78 is 0. The Morgan fingerprint density at radius 3 is 2.70 bits per heavy atom. The van der Waals surface area contributed by atoms with E-state index in [1.807, 2.05) is 0 Å². The molecule has 8 heteroatoms. The molecule has 1 aromatic rings. The number of hydrogen-bond donors (Lipinski definition) is 3. The number of nitro groups is 1. The first-order valence-electron chi connectivity index (χ1n) is 6.03. The van der Waals surface area contributed by atoms with Crippen LogP contribution < -0.4 is 16.0 Å². The quantitative estimate of drug-likeness (QED) is 0.556. The molecule has 20 heavy (non-hydrogen) atoms. The van der Waals surface area contributed by atoms with Crippen LogP contribution in [0.2, 0.25) is 0 Å². The van der Waals surface area contributed by atoms with Crippen molar-refractivity contribution in [2.24, 2.45) is 0 Å². The summed E-state index contributed by atoms with van der Waals surface area (Å²) in [4.78, 5) is 33.1. The second-order valence-corrected chi connectivity index (χ2v) is 4.02. The number of hydrogen-bond acceptors (Lipinski definition) is 4. The normalized spacial score (nSPS) is 11.3. The Morgan fingerprint density at radius 1 is 1.40 bits per heavy atom. The lowest BCUT2D eigenvalue weighted by Crippen LogP contribution is -2.46. The van der Waals surface area contributed by atoms with Crippen LogP contribution in [0.25, 0.3) is 0 Å². The third-order valence-electron chi connectivity index (χ3n) is 2.41. The summed E-state index contributed by atoms with van der Waals surface area (Å²) in [6, 6.07) is 4.22. The molecule has 0 fully saturated rings. The topological polar surface area (TPSA) is 113 Å². The number of carbonyl (C=O) groups excluding carboxylic acids is 2. The molecule has 0 aliphatic rings. The highest BCUT2D eigenvalue weighted by Crippen LogP contribution is 2.16. The summed E-state index contributed by atoms with van der Waals surface area (Å²) in [6.07, 6.45) is 0. The van der Waals surface area contributed by atoms with Crippen LogP contribution in [0.3, 0.4) is 0 Å². The van der Waals surface area contributed by atoms with Crippen molar-refractivity contribution in [2.75, 3.05) is 11.9 Å². The maximum Gasteiger partial charge on any atom is 0.319 e. The molecule has 1 unspecified atom stereocenters. The fourth-order valence-electron chi connectivity index (χ4n) is 1.45. The molecule has 0 aliphatic heterocycles. The number of anilines is 1. The van der Waals surface area contributed by atoms with Gasteiger partial charge < -0.3 is 16.0 Å². The molecular weight excluding hydrogens is 264 g/mol. The van der Waals surface area contributed by atoms with Gasteiger partial charge in [-0.1, -0.05) is 6.07 Å². The van der Waals surface area contributed by atoms with Crippen LogP contribution in [0, 0.1) is 10.1 Å². The standard InChI is InChI=1S/C12H16N4O4/c1-3-13-11(17)8(2)14-12(18)15-9-5-4-6-10(7-9)16(19)20/h4-8H,3H2,1-2H3,(H,13,17)(H2,14,15,18). The number of nitrogens with one attached hydrogen (secondary N) is 3. The predicted molar refractivity (Wildman–Crippen MR) is 73.4 cm³/mol. The average Bonchev–Trinajstić information content (AvgIpc) is 2.39. The molecule has 0 aliphatic carbocycles. The lowest BCUT2D eigenvalue weighted by molar-refractivity contribution is -0.384. The van der Waals surface area contributed by atoms with Crippen molar-refractivity contribution in [3.05, 3.63) is 34.4 Å². The van der Waals surface area contributed by atoms with Crippen LogP contribution in [0.4, 0.5) is 16.2 Å². The third kappa shape index (κ3) is 4.56. The molecule has 8 nitrogen and oxygen atoms in total. The van der Waals surface area contributed by atoms with Gasteiger partial charge in [0.05, 0.1) is 4.92 Å². The van der Waals surface area contributed by atoms with Gasteiger partial charge in [0.15, 0.2) is 0 Å². The Kier molecular flexibility index (Phi) is 5.45. The van der Waals surface area contributed by atoms with Crippen molar-refractivity contribution in [1.82, 2.24) is 10.6 Å². The number of rotatable bonds is 5. The van der Waals surface area contributed by atoms with Gasteiger partial charge in [0.2, 0.25) is 5.91 Å². The van der Waals surface area contributed by atoms with Crippen LogP contribution >= 0.6 is 0 Å². The fourth-order valence-corrected chi connectivity index (χ4v) is 1.45. The third-order valence-corrected chi connectivity index (χ3v) is 2.41. The van der Waals surface area contributed by atoms with Gasteiger partial charge in [-0.15, -0.1) is 0 Å². The number of nitro benzene ring substituents is 1. The highest BCUT2D eigenvalue weighted by atomic mass is 16.6. The minimum atomic E-state index is -0.700. The maximum absolute atomic E-state index is 11.6. The molecule has 0 radical (unpaired) electrons. The summed E-state index contributed by atoms with van der Waals surface area (Å²) in [5, 5.41) is 18.0. The molecule has 0 spiro atoms. The summed E-state index contributed by atoms with van der Waals surface area (Å²) in [7, 11) is 0. The molecule has 0 aromatic heterocycles. The first kappa shape index (κ1) is 15.4. The molecule has 108 valence electrons. The van der Waals surface area contributed by atoms with E-state index < -0.39 is 17.0 Å². The summed E-state index contributed by atoms with van der Waals surface area (Å²) in [6.45, 7) is 3.78. The number of nitrogens with zero attached hydrogens (tertiary/aromatic N) is 1. The van der Waals surface area contributed by atoms with E-state index in [0.29, 0.717) is 6.54 Å². The Morgan fingerprint density at radius 2 is 2.10 bits per heavy atom. The number of likely N-dealkylation sites (N-methyl/N-ethyl adjacent to an activating group) is 1. The first-order valence-corrected chi connectivity index (χ1v) is 6.03. The summed E-state index contributed by atoms with van der Waals surface area (Å²) in [5.74, 6) is -0.304. The van der Waals surface area contributed by atoms with Crippen molar-refractivity contribution in [1.29, 1.82) is 0 Å². The maximum atomic E-state index is 11.6. The lowest BCUT2D eigenvalue weighted by Gasteiger charge is -2.14. The van der Waals surface area contributed by atoms with Gasteiger partial charge in [-0.25, -0.2) is 4.79 Å². The minimum Gasteiger partial charge on any atom is -0.355 e. The van der Waals surface area contributed by atoms with E-state index in [1.165, 1.54) is 31.2 Å². The Labute approximate surface area is 115 Å². The summed E-state index contributed by atoms with van der Waals surface area (Å²) in [5.41, 5.74) is 0.152. The monoisotopic (exact) mass is 280 g/mol. The molecule has 0 saturated heterocycles. The zero-order valence-electron chi connectivity index (χ0n) is 11.2. The second kappa shape index (κ2) is 7.07. The molecule has 3 amide bonds. The van der Waals surface area contributed by atoms with Gasteiger partial charge in [-0.05, 0) is 19.9 Å². The average molecular weight is 280 g/mol. The molecule has 3 N–H and O–H groups in total. The van der Waals surface area contributed by atoms with E-state index in [4.69, 9.17) is 0 Å². The van der Waals surface area contributed by atoms with E-state index in [9.17, 15) is 19.7 Å². The van der Waals surface area contributed by atoms with Gasteiger partial charge in [0.25, 0.3) is 5.69 Å². The molecular formula is C12H16N4O4. The zero-order valence-corrected chi connectivity index (χ0v) is 11.2. The Hall–Kier alpha value is -2.64. The molecule has 1 rings (SSSR count). The van der Waals surface area contributed by atoms with Crippen LogP contribution in [0.5, 0.6) is 0 Å². The fraction of sp³-hybridized carbons (Fsp3) is 0.333. The number of benzene rings is 1. The molecule has 0 bridgehead atoms. The predicted octanol–water partition coefficient (Wildman–Crippen LogP) is 1.24. The Bertz CT molecular complexity index is 518. The van der Waals surface area contributed by atoms with E-state index in [2.05, 4.69) is 16.0 Å². The van der Waals surface area contributed by atoms with E-state index >= 15 is 0 Å². The van der Waals surface area contributed by atoms with Crippen LogP contribution in [-0.4, -0.2) is 29.4 Å². The SMILES string of the molecule is CCNC(=O)C(C)NC(=O)Nc1cccc([N+](=O)[O-])c1. The van der Waals surface area contributed by atoms with E-state index in [0.717, 1.165) is 0 Å².